The number of rotatable bonds is 2. The van der Waals surface area contributed by atoms with Gasteiger partial charge in [-0.2, -0.15) is 0 Å². The molecule has 0 spiro atoms. The Kier molecular flexibility index (Phi) is 2.58. The van der Waals surface area contributed by atoms with Gasteiger partial charge in [-0.1, -0.05) is 19.1 Å². The highest BCUT2D eigenvalue weighted by molar-refractivity contribution is 5.24. The third-order valence-electron chi connectivity index (χ3n) is 1.65. The SMILES string of the molecule is CCc1cc(CF)ccc1F. The number of aryl methyl sites for hydroxylation is 1. The molecule has 2 heteroatoms. The minimum atomic E-state index is -0.521. The van der Waals surface area contributed by atoms with Gasteiger partial charge in [0.25, 0.3) is 0 Å². The van der Waals surface area contributed by atoms with Crippen LogP contribution in [0.15, 0.2) is 18.2 Å². The predicted octanol–water partition coefficient (Wildman–Crippen LogP) is 2.86. The summed E-state index contributed by atoms with van der Waals surface area (Å²) in [4.78, 5) is 0. The first-order valence-corrected chi connectivity index (χ1v) is 3.61. The molecule has 1 aromatic carbocycles. The van der Waals surface area contributed by atoms with Crippen LogP contribution in [-0.4, -0.2) is 0 Å². The molecular weight excluding hydrogens is 146 g/mol. The highest BCUT2D eigenvalue weighted by atomic mass is 19.1. The van der Waals surface area contributed by atoms with Crippen LogP contribution >= 0.6 is 0 Å². The number of hydrogen-bond donors (Lipinski definition) is 0. The fourth-order valence-electron chi connectivity index (χ4n) is 0.982. The molecule has 0 aliphatic carbocycles. The zero-order valence-electron chi connectivity index (χ0n) is 6.40. The molecule has 0 aliphatic rings. The van der Waals surface area contributed by atoms with E-state index >= 15 is 0 Å². The smallest absolute Gasteiger partial charge is 0.126 e. The van der Waals surface area contributed by atoms with Crippen LogP contribution in [0.25, 0.3) is 0 Å². The average molecular weight is 156 g/mol. The second kappa shape index (κ2) is 3.46. The van der Waals surface area contributed by atoms with Crippen molar-refractivity contribution in [1.82, 2.24) is 0 Å². The van der Waals surface area contributed by atoms with Gasteiger partial charge < -0.3 is 0 Å². The summed E-state index contributed by atoms with van der Waals surface area (Å²) in [6.45, 7) is 1.33. The zero-order valence-corrected chi connectivity index (χ0v) is 6.40. The van der Waals surface area contributed by atoms with E-state index in [-0.39, 0.29) is 5.82 Å². The molecule has 0 unspecified atom stereocenters. The van der Waals surface area contributed by atoms with Crippen LogP contribution in [-0.2, 0) is 13.1 Å². The van der Waals surface area contributed by atoms with E-state index in [4.69, 9.17) is 0 Å². The fourth-order valence-corrected chi connectivity index (χ4v) is 0.982. The minimum absolute atomic E-state index is 0.246. The topological polar surface area (TPSA) is 0 Å². The number of hydrogen-bond acceptors (Lipinski definition) is 0. The van der Waals surface area contributed by atoms with Crippen molar-refractivity contribution in [2.24, 2.45) is 0 Å². The average Bonchev–Trinajstić information content (AvgIpc) is 2.05. The van der Waals surface area contributed by atoms with Gasteiger partial charge in [-0.15, -0.1) is 0 Å². The molecule has 1 rings (SSSR count). The van der Waals surface area contributed by atoms with Gasteiger partial charge in [0.15, 0.2) is 0 Å². The van der Waals surface area contributed by atoms with Crippen molar-refractivity contribution in [2.75, 3.05) is 0 Å². The Morgan fingerprint density at radius 1 is 1.36 bits per heavy atom. The summed E-state index contributed by atoms with van der Waals surface area (Å²) in [6, 6.07) is 4.34. The maximum atomic E-state index is 12.8. The molecule has 0 aliphatic heterocycles. The van der Waals surface area contributed by atoms with E-state index in [1.807, 2.05) is 6.92 Å². The molecule has 0 N–H and O–H groups in total. The Hall–Kier alpha value is -0.920. The van der Waals surface area contributed by atoms with Gasteiger partial charge in [0, 0.05) is 0 Å². The van der Waals surface area contributed by atoms with Crippen molar-refractivity contribution in [2.45, 2.75) is 20.0 Å². The van der Waals surface area contributed by atoms with Crippen molar-refractivity contribution in [3.63, 3.8) is 0 Å². The van der Waals surface area contributed by atoms with Gasteiger partial charge in [-0.25, -0.2) is 8.78 Å². The monoisotopic (exact) mass is 156 g/mol. The van der Waals surface area contributed by atoms with E-state index in [0.717, 1.165) is 0 Å². The molecule has 0 saturated carbocycles. The van der Waals surface area contributed by atoms with Gasteiger partial charge in [0.1, 0.15) is 12.5 Å². The highest BCUT2D eigenvalue weighted by Crippen LogP contribution is 2.11. The van der Waals surface area contributed by atoms with Crippen LogP contribution in [0, 0.1) is 5.82 Å². The normalized spacial score (nSPS) is 10.1. The van der Waals surface area contributed by atoms with Crippen molar-refractivity contribution in [1.29, 1.82) is 0 Å². The van der Waals surface area contributed by atoms with Gasteiger partial charge in [0.2, 0.25) is 0 Å². The zero-order chi connectivity index (χ0) is 8.27. The van der Waals surface area contributed by atoms with Crippen LogP contribution in [0.4, 0.5) is 8.78 Å². The van der Waals surface area contributed by atoms with E-state index in [9.17, 15) is 8.78 Å². The molecule has 0 amide bonds. The Bertz CT molecular complexity index is 243. The standard InChI is InChI=1S/C9H10F2/c1-2-8-5-7(6-10)3-4-9(8)11/h3-5H,2,6H2,1H3. The van der Waals surface area contributed by atoms with Crippen molar-refractivity contribution < 1.29 is 8.78 Å². The lowest BCUT2D eigenvalue weighted by atomic mass is 10.1. The van der Waals surface area contributed by atoms with E-state index in [1.165, 1.54) is 12.1 Å². The number of benzene rings is 1. The summed E-state index contributed by atoms with van der Waals surface area (Å²) in [5.74, 6) is -0.246. The van der Waals surface area contributed by atoms with Gasteiger partial charge >= 0.3 is 0 Å². The molecule has 0 nitrogen and oxygen atoms in total. The van der Waals surface area contributed by atoms with Crippen LogP contribution in [0.2, 0.25) is 0 Å². The van der Waals surface area contributed by atoms with Crippen LogP contribution in [0.5, 0.6) is 0 Å². The summed E-state index contributed by atoms with van der Waals surface area (Å²) in [7, 11) is 0. The second-order valence-electron chi connectivity index (χ2n) is 2.41. The molecule has 0 atom stereocenters. The quantitative estimate of drug-likeness (QED) is 0.617. The summed E-state index contributed by atoms with van der Waals surface area (Å²) in [5, 5.41) is 0. The third-order valence-corrected chi connectivity index (χ3v) is 1.65. The maximum absolute atomic E-state index is 12.8. The lowest BCUT2D eigenvalue weighted by Crippen LogP contribution is -1.89. The minimum Gasteiger partial charge on any atom is -0.246 e. The van der Waals surface area contributed by atoms with Gasteiger partial charge in [-0.3, -0.25) is 0 Å². The molecule has 60 valence electrons. The number of alkyl halides is 1. The molecule has 1 aromatic rings. The Morgan fingerprint density at radius 3 is 2.64 bits per heavy atom. The fraction of sp³-hybridized carbons (Fsp3) is 0.333. The molecule has 0 fully saturated rings. The third kappa shape index (κ3) is 1.76. The maximum Gasteiger partial charge on any atom is 0.126 e. The Morgan fingerprint density at radius 2 is 2.09 bits per heavy atom. The first-order chi connectivity index (χ1) is 5.27. The molecule has 11 heavy (non-hydrogen) atoms. The van der Waals surface area contributed by atoms with Gasteiger partial charge in [-0.05, 0) is 23.6 Å². The van der Waals surface area contributed by atoms with Crippen molar-refractivity contribution in [3.05, 3.63) is 35.1 Å². The lowest BCUT2D eigenvalue weighted by molar-refractivity contribution is 0.483. The largest absolute Gasteiger partial charge is 0.246 e. The first kappa shape index (κ1) is 8.18. The van der Waals surface area contributed by atoms with Crippen molar-refractivity contribution >= 4 is 0 Å². The molecule has 0 radical (unpaired) electrons. The van der Waals surface area contributed by atoms with E-state index in [1.54, 1.807) is 6.07 Å². The first-order valence-electron chi connectivity index (χ1n) is 3.61. The summed E-state index contributed by atoms with van der Waals surface area (Å²) >= 11 is 0. The molecular formula is C9H10F2. The lowest BCUT2D eigenvalue weighted by Gasteiger charge is -2.00. The number of halogens is 2. The summed E-state index contributed by atoms with van der Waals surface area (Å²) in [5.41, 5.74) is 1.13. The Balaban J connectivity index is 3.02. The molecule has 0 heterocycles. The molecule has 0 saturated heterocycles. The van der Waals surface area contributed by atoms with Gasteiger partial charge in [0.05, 0.1) is 0 Å². The summed E-state index contributed by atoms with van der Waals surface area (Å²) < 4.78 is 24.8. The van der Waals surface area contributed by atoms with Crippen LogP contribution < -0.4 is 0 Å². The van der Waals surface area contributed by atoms with Crippen LogP contribution in [0.1, 0.15) is 18.1 Å². The molecule has 0 aromatic heterocycles. The van der Waals surface area contributed by atoms with E-state index in [0.29, 0.717) is 17.5 Å². The highest BCUT2D eigenvalue weighted by Gasteiger charge is 2.00. The van der Waals surface area contributed by atoms with Crippen molar-refractivity contribution in [3.8, 4) is 0 Å². The summed E-state index contributed by atoms with van der Waals surface area (Å²) in [6.07, 6.45) is 0.611. The predicted molar refractivity (Wildman–Crippen MR) is 40.6 cm³/mol. The van der Waals surface area contributed by atoms with E-state index in [2.05, 4.69) is 0 Å². The van der Waals surface area contributed by atoms with Crippen LogP contribution in [0.3, 0.4) is 0 Å². The Labute approximate surface area is 64.9 Å². The van der Waals surface area contributed by atoms with E-state index < -0.39 is 6.67 Å². The molecule has 0 bridgehead atoms. The second-order valence-corrected chi connectivity index (χ2v) is 2.41.